The third-order valence-electron chi connectivity index (χ3n) is 6.11. The number of rotatable bonds is 2. The minimum Gasteiger partial charge on any atom is -0.339 e. The van der Waals surface area contributed by atoms with E-state index in [4.69, 9.17) is 0 Å². The molecule has 1 saturated carbocycles. The van der Waals surface area contributed by atoms with Crippen LogP contribution < -0.4 is 5.32 Å². The molecular formula is C20H27N3O2. The number of hydrogen-bond donors (Lipinski definition) is 1. The molecule has 1 N–H and O–H groups in total. The van der Waals surface area contributed by atoms with Crippen molar-refractivity contribution >= 4 is 11.9 Å². The highest BCUT2D eigenvalue weighted by Gasteiger charge is 2.34. The molecule has 4 rings (SSSR count). The van der Waals surface area contributed by atoms with Crippen LogP contribution in [0, 0.1) is 11.8 Å². The van der Waals surface area contributed by atoms with Gasteiger partial charge in [-0.25, -0.2) is 4.79 Å². The number of urea groups is 1. The van der Waals surface area contributed by atoms with Gasteiger partial charge in [0.25, 0.3) is 0 Å². The molecule has 0 spiro atoms. The van der Waals surface area contributed by atoms with Gasteiger partial charge >= 0.3 is 6.03 Å². The zero-order valence-electron chi connectivity index (χ0n) is 14.9. The quantitative estimate of drug-likeness (QED) is 0.899. The molecule has 0 bridgehead atoms. The van der Waals surface area contributed by atoms with Crippen molar-refractivity contribution < 1.29 is 9.59 Å². The Hall–Kier alpha value is -2.04. The number of carbonyl (C=O) groups is 2. The van der Waals surface area contributed by atoms with Gasteiger partial charge in [0.05, 0.1) is 6.04 Å². The van der Waals surface area contributed by atoms with Crippen molar-refractivity contribution in [2.45, 2.75) is 38.6 Å². The molecule has 0 radical (unpaired) electrons. The van der Waals surface area contributed by atoms with Gasteiger partial charge < -0.3 is 15.1 Å². The summed E-state index contributed by atoms with van der Waals surface area (Å²) in [4.78, 5) is 28.8. The molecule has 1 heterocycles. The van der Waals surface area contributed by atoms with E-state index in [2.05, 4.69) is 30.4 Å². The minimum atomic E-state index is 0.00398. The van der Waals surface area contributed by atoms with Crippen LogP contribution in [0.2, 0.25) is 0 Å². The maximum absolute atomic E-state index is 12.7. The van der Waals surface area contributed by atoms with Gasteiger partial charge in [0, 0.05) is 32.1 Å². The summed E-state index contributed by atoms with van der Waals surface area (Å²) in [7, 11) is 0. The lowest BCUT2D eigenvalue weighted by Crippen LogP contribution is -2.55. The fraction of sp³-hybridized carbons (Fsp3) is 0.600. The lowest BCUT2D eigenvalue weighted by Gasteiger charge is -2.38. The number of hydrogen-bond acceptors (Lipinski definition) is 2. The average Bonchev–Trinajstić information content (AvgIpc) is 2.89. The molecule has 2 aliphatic carbocycles. The van der Waals surface area contributed by atoms with Gasteiger partial charge in [0.15, 0.2) is 0 Å². The lowest BCUT2D eigenvalue weighted by molar-refractivity contribution is -0.139. The number of benzene rings is 1. The Balaban J connectivity index is 1.33. The summed E-state index contributed by atoms with van der Waals surface area (Å²) in [5.41, 5.74) is 2.60. The van der Waals surface area contributed by atoms with Gasteiger partial charge in [-0.1, -0.05) is 37.6 Å². The molecule has 2 fully saturated rings. The summed E-state index contributed by atoms with van der Waals surface area (Å²) in [6, 6.07) is 8.49. The molecule has 1 saturated heterocycles. The maximum Gasteiger partial charge on any atom is 0.318 e. The van der Waals surface area contributed by atoms with Crippen LogP contribution in [-0.4, -0.2) is 47.9 Å². The van der Waals surface area contributed by atoms with Crippen LogP contribution in [0.4, 0.5) is 4.79 Å². The van der Waals surface area contributed by atoms with E-state index in [0.717, 1.165) is 19.3 Å². The summed E-state index contributed by atoms with van der Waals surface area (Å²) in [5.74, 6) is 0.962. The third kappa shape index (κ3) is 3.12. The minimum absolute atomic E-state index is 0.00398. The van der Waals surface area contributed by atoms with Gasteiger partial charge in [-0.05, 0) is 36.3 Å². The first-order valence-corrected chi connectivity index (χ1v) is 9.55. The molecule has 0 unspecified atom stereocenters. The summed E-state index contributed by atoms with van der Waals surface area (Å²) < 4.78 is 0. The molecule has 25 heavy (non-hydrogen) atoms. The lowest BCUT2D eigenvalue weighted by atomic mass is 9.84. The first-order chi connectivity index (χ1) is 12.1. The second-order valence-electron chi connectivity index (χ2n) is 7.75. The van der Waals surface area contributed by atoms with Crippen molar-refractivity contribution in [2.75, 3.05) is 26.2 Å². The second kappa shape index (κ2) is 6.70. The normalized spacial score (nSPS) is 26.1. The van der Waals surface area contributed by atoms with Crippen molar-refractivity contribution in [3.8, 4) is 0 Å². The van der Waals surface area contributed by atoms with Crippen LogP contribution in [0.3, 0.4) is 0 Å². The van der Waals surface area contributed by atoms with Crippen molar-refractivity contribution in [3.05, 3.63) is 35.4 Å². The molecule has 3 amide bonds. The Morgan fingerprint density at radius 1 is 1.04 bits per heavy atom. The first kappa shape index (κ1) is 16.4. The van der Waals surface area contributed by atoms with Crippen molar-refractivity contribution in [2.24, 2.45) is 11.8 Å². The zero-order chi connectivity index (χ0) is 17.4. The molecule has 2 atom stereocenters. The molecule has 1 aliphatic heterocycles. The van der Waals surface area contributed by atoms with E-state index in [1.165, 1.54) is 17.5 Å². The van der Waals surface area contributed by atoms with Crippen LogP contribution in [0.15, 0.2) is 24.3 Å². The SMILES string of the molecule is C[C@H]1Cc2ccccc2[C@H]1NC(=O)N1CCN(C(=O)C2CCC2)CC1. The number of nitrogens with zero attached hydrogens (tertiary/aromatic N) is 2. The predicted octanol–water partition coefficient (Wildman–Crippen LogP) is 2.57. The van der Waals surface area contributed by atoms with E-state index in [9.17, 15) is 9.59 Å². The van der Waals surface area contributed by atoms with E-state index in [0.29, 0.717) is 38.0 Å². The molecule has 5 heteroatoms. The third-order valence-corrected chi connectivity index (χ3v) is 6.11. The predicted molar refractivity (Wildman–Crippen MR) is 96.1 cm³/mol. The number of amides is 3. The van der Waals surface area contributed by atoms with Gasteiger partial charge in [-0.2, -0.15) is 0 Å². The largest absolute Gasteiger partial charge is 0.339 e. The number of carbonyl (C=O) groups excluding carboxylic acids is 2. The van der Waals surface area contributed by atoms with E-state index in [1.54, 1.807) is 0 Å². The Bertz CT molecular complexity index is 663. The second-order valence-corrected chi connectivity index (χ2v) is 7.75. The standard InChI is InChI=1S/C20H27N3O2/c1-14-13-16-5-2-3-8-17(16)18(14)21-20(25)23-11-9-22(10-12-23)19(24)15-6-4-7-15/h2-3,5,8,14-15,18H,4,6-7,9-13H2,1H3,(H,21,25)/t14-,18-/m0/s1. The van der Waals surface area contributed by atoms with Crippen LogP contribution >= 0.6 is 0 Å². The van der Waals surface area contributed by atoms with Gasteiger partial charge in [-0.3, -0.25) is 4.79 Å². The summed E-state index contributed by atoms with van der Waals surface area (Å²) in [6.45, 7) is 4.79. The monoisotopic (exact) mass is 341 g/mol. The smallest absolute Gasteiger partial charge is 0.318 e. The van der Waals surface area contributed by atoms with E-state index in [1.807, 2.05) is 15.9 Å². The van der Waals surface area contributed by atoms with Gasteiger partial charge in [0.2, 0.25) is 5.91 Å². The molecule has 3 aliphatic rings. The van der Waals surface area contributed by atoms with Crippen molar-refractivity contribution in [3.63, 3.8) is 0 Å². The summed E-state index contributed by atoms with van der Waals surface area (Å²) in [6.07, 6.45) is 4.28. The topological polar surface area (TPSA) is 52.7 Å². The Morgan fingerprint density at radius 2 is 1.72 bits per heavy atom. The Morgan fingerprint density at radius 3 is 2.40 bits per heavy atom. The number of piperazine rings is 1. The van der Waals surface area contributed by atoms with E-state index < -0.39 is 0 Å². The Kier molecular flexibility index (Phi) is 4.40. The summed E-state index contributed by atoms with van der Waals surface area (Å²) in [5, 5.41) is 3.23. The highest BCUT2D eigenvalue weighted by atomic mass is 16.2. The van der Waals surface area contributed by atoms with E-state index >= 15 is 0 Å². The van der Waals surface area contributed by atoms with E-state index in [-0.39, 0.29) is 18.0 Å². The van der Waals surface area contributed by atoms with Crippen molar-refractivity contribution in [1.29, 1.82) is 0 Å². The summed E-state index contributed by atoms with van der Waals surface area (Å²) >= 11 is 0. The molecule has 134 valence electrons. The average molecular weight is 341 g/mol. The van der Waals surface area contributed by atoms with Gasteiger partial charge in [-0.15, -0.1) is 0 Å². The highest BCUT2D eigenvalue weighted by Crippen LogP contribution is 2.35. The molecule has 1 aromatic carbocycles. The van der Waals surface area contributed by atoms with Gasteiger partial charge in [0.1, 0.15) is 0 Å². The molecule has 0 aromatic heterocycles. The first-order valence-electron chi connectivity index (χ1n) is 9.55. The van der Waals surface area contributed by atoms with Crippen LogP contribution in [0.5, 0.6) is 0 Å². The number of fused-ring (bicyclic) bond motifs is 1. The maximum atomic E-state index is 12.7. The van der Waals surface area contributed by atoms with Crippen LogP contribution in [0.1, 0.15) is 43.4 Å². The Labute approximate surface area is 149 Å². The molecular weight excluding hydrogens is 314 g/mol. The zero-order valence-corrected chi connectivity index (χ0v) is 14.9. The van der Waals surface area contributed by atoms with Crippen molar-refractivity contribution in [1.82, 2.24) is 15.1 Å². The highest BCUT2D eigenvalue weighted by molar-refractivity contribution is 5.80. The molecule has 5 nitrogen and oxygen atoms in total. The van der Waals surface area contributed by atoms with Crippen LogP contribution in [0.25, 0.3) is 0 Å². The fourth-order valence-corrected chi connectivity index (χ4v) is 4.28. The number of nitrogens with one attached hydrogen (secondary N) is 1. The van der Waals surface area contributed by atoms with Crippen LogP contribution in [-0.2, 0) is 11.2 Å². The fourth-order valence-electron chi connectivity index (χ4n) is 4.28. The molecule has 1 aromatic rings.